The molecule has 0 radical (unpaired) electrons. The first kappa shape index (κ1) is 24.6. The van der Waals surface area contributed by atoms with Gasteiger partial charge in [0.1, 0.15) is 0 Å². The van der Waals surface area contributed by atoms with Gasteiger partial charge in [-0.05, 0) is 48.9 Å². The standard InChI is InChI=1S/C29H23BrClN2O2P/c1-20-27(29(34)33(32-20)24-18-14-22(30)15-19-24)28(21-12-16-23(31)17-13-21)36(35,25-8-4-2-5-9-25)26-10-6-3-7-11-26/h2-19,28,32H,1H3. The van der Waals surface area contributed by atoms with Crippen LogP contribution in [0.1, 0.15) is 22.5 Å². The fourth-order valence-electron chi connectivity index (χ4n) is 4.60. The average Bonchev–Trinajstić information content (AvgIpc) is 3.20. The van der Waals surface area contributed by atoms with Crippen molar-refractivity contribution in [2.75, 3.05) is 0 Å². The van der Waals surface area contributed by atoms with Gasteiger partial charge in [-0.1, -0.05) is 100 Å². The molecule has 4 aromatic carbocycles. The molecule has 5 rings (SSSR count). The molecule has 180 valence electrons. The lowest BCUT2D eigenvalue weighted by Crippen LogP contribution is -2.27. The molecule has 36 heavy (non-hydrogen) atoms. The van der Waals surface area contributed by atoms with Gasteiger partial charge >= 0.3 is 0 Å². The second kappa shape index (κ2) is 10.1. The average molecular weight is 578 g/mol. The monoisotopic (exact) mass is 576 g/mol. The molecule has 1 aromatic heterocycles. The van der Waals surface area contributed by atoms with Crippen molar-refractivity contribution < 1.29 is 4.57 Å². The zero-order valence-electron chi connectivity index (χ0n) is 19.4. The van der Waals surface area contributed by atoms with Crippen LogP contribution in [-0.2, 0) is 4.57 Å². The second-order valence-corrected chi connectivity index (χ2v) is 12.8. The highest BCUT2D eigenvalue weighted by atomic mass is 79.9. The summed E-state index contributed by atoms with van der Waals surface area (Å²) in [5, 5.41) is 5.17. The van der Waals surface area contributed by atoms with Gasteiger partial charge in [0.25, 0.3) is 5.56 Å². The largest absolute Gasteiger partial charge is 0.313 e. The number of benzene rings is 4. The molecule has 0 aliphatic rings. The first-order valence-corrected chi connectivity index (χ1v) is 14.4. The van der Waals surface area contributed by atoms with Crippen LogP contribution in [-0.4, -0.2) is 9.78 Å². The molecule has 0 saturated carbocycles. The van der Waals surface area contributed by atoms with Crippen LogP contribution in [0.3, 0.4) is 0 Å². The molecule has 1 unspecified atom stereocenters. The van der Waals surface area contributed by atoms with Crippen molar-refractivity contribution in [3.05, 3.63) is 146 Å². The molecule has 0 aliphatic heterocycles. The predicted octanol–water partition coefficient (Wildman–Crippen LogP) is 6.99. The van der Waals surface area contributed by atoms with Gasteiger partial charge in [-0.3, -0.25) is 9.89 Å². The van der Waals surface area contributed by atoms with Crippen LogP contribution in [0.25, 0.3) is 5.69 Å². The summed E-state index contributed by atoms with van der Waals surface area (Å²) in [5.74, 6) is 0. The second-order valence-electron chi connectivity index (χ2n) is 8.55. The minimum atomic E-state index is -3.42. The predicted molar refractivity (Wildman–Crippen MR) is 152 cm³/mol. The fraction of sp³-hybridized carbons (Fsp3) is 0.0690. The third kappa shape index (κ3) is 4.43. The molecule has 1 N–H and O–H groups in total. The summed E-state index contributed by atoms with van der Waals surface area (Å²) in [7, 11) is -3.42. The lowest BCUT2D eigenvalue weighted by Gasteiger charge is -2.29. The zero-order valence-corrected chi connectivity index (χ0v) is 22.7. The first-order chi connectivity index (χ1) is 17.4. The van der Waals surface area contributed by atoms with Gasteiger partial charge in [-0.2, -0.15) is 0 Å². The molecule has 7 heteroatoms. The number of aryl methyl sites for hydroxylation is 1. The smallest absolute Gasteiger partial charge is 0.275 e. The third-order valence-electron chi connectivity index (χ3n) is 6.30. The minimum Gasteiger partial charge on any atom is -0.313 e. The fourth-order valence-corrected chi connectivity index (χ4v) is 8.38. The van der Waals surface area contributed by atoms with E-state index in [4.69, 9.17) is 11.6 Å². The maximum absolute atomic E-state index is 15.5. The summed E-state index contributed by atoms with van der Waals surface area (Å²) in [6.07, 6.45) is 0. The highest BCUT2D eigenvalue weighted by molar-refractivity contribution is 9.10. The topological polar surface area (TPSA) is 54.9 Å². The van der Waals surface area contributed by atoms with Crippen molar-refractivity contribution in [2.45, 2.75) is 12.6 Å². The summed E-state index contributed by atoms with van der Waals surface area (Å²) in [6.45, 7) is 1.86. The molecule has 1 heterocycles. The molecule has 5 aromatic rings. The molecule has 4 nitrogen and oxygen atoms in total. The maximum Gasteiger partial charge on any atom is 0.275 e. The maximum atomic E-state index is 15.5. The number of nitrogens with zero attached hydrogens (tertiary/aromatic N) is 1. The van der Waals surface area contributed by atoms with Gasteiger partial charge in [0.05, 0.1) is 16.9 Å². The number of hydrogen-bond acceptors (Lipinski definition) is 2. The highest BCUT2D eigenvalue weighted by Crippen LogP contribution is 2.60. The summed E-state index contributed by atoms with van der Waals surface area (Å²) >= 11 is 9.67. The van der Waals surface area contributed by atoms with E-state index in [1.807, 2.05) is 104 Å². The Balaban J connectivity index is 1.83. The summed E-state index contributed by atoms with van der Waals surface area (Å²) in [6, 6.07) is 33.6. The van der Waals surface area contributed by atoms with E-state index in [-0.39, 0.29) is 5.56 Å². The molecule has 0 spiro atoms. The lowest BCUT2D eigenvalue weighted by atomic mass is 10.1. The highest BCUT2D eigenvalue weighted by Gasteiger charge is 2.42. The Kier molecular flexibility index (Phi) is 6.90. The van der Waals surface area contributed by atoms with Crippen molar-refractivity contribution in [3.63, 3.8) is 0 Å². The van der Waals surface area contributed by atoms with E-state index in [0.29, 0.717) is 32.6 Å². The van der Waals surface area contributed by atoms with Crippen LogP contribution in [0.15, 0.2) is 118 Å². The molecule has 1 atom stereocenters. The van der Waals surface area contributed by atoms with Gasteiger partial charge in [0.2, 0.25) is 0 Å². The normalized spacial score (nSPS) is 12.4. The first-order valence-electron chi connectivity index (χ1n) is 11.4. The van der Waals surface area contributed by atoms with Gasteiger partial charge in [-0.15, -0.1) is 0 Å². The quantitative estimate of drug-likeness (QED) is 0.221. The van der Waals surface area contributed by atoms with Gasteiger partial charge in [-0.25, -0.2) is 4.68 Å². The van der Waals surface area contributed by atoms with E-state index in [1.54, 1.807) is 12.1 Å². The zero-order chi connectivity index (χ0) is 25.3. The number of hydrogen-bond donors (Lipinski definition) is 1. The number of halogens is 2. The lowest BCUT2D eigenvalue weighted by molar-refractivity contribution is 0.582. The molecular weight excluding hydrogens is 555 g/mol. The van der Waals surface area contributed by atoms with Gasteiger partial charge in [0, 0.05) is 25.8 Å². The van der Waals surface area contributed by atoms with Crippen molar-refractivity contribution >= 4 is 45.3 Å². The Morgan fingerprint density at radius 3 is 1.86 bits per heavy atom. The number of aromatic nitrogens is 2. The van der Waals surface area contributed by atoms with Crippen molar-refractivity contribution in [3.8, 4) is 5.69 Å². The molecule has 0 saturated heterocycles. The third-order valence-corrected chi connectivity index (χ3v) is 10.5. The molecular formula is C29H23BrClN2O2P. The SMILES string of the molecule is Cc1[nH]n(-c2ccc(Br)cc2)c(=O)c1C(c1ccc(Cl)cc1)P(=O)(c1ccccc1)c1ccccc1. The van der Waals surface area contributed by atoms with Crippen LogP contribution in [0.5, 0.6) is 0 Å². The van der Waals surface area contributed by atoms with E-state index in [2.05, 4.69) is 21.0 Å². The summed E-state index contributed by atoms with van der Waals surface area (Å²) in [5.41, 5.74) is 1.63. The molecule has 0 bridgehead atoms. The van der Waals surface area contributed by atoms with E-state index in [0.717, 1.165) is 10.0 Å². The number of nitrogens with one attached hydrogen (secondary N) is 1. The Morgan fingerprint density at radius 2 is 1.33 bits per heavy atom. The van der Waals surface area contributed by atoms with Crippen LogP contribution >= 0.6 is 34.7 Å². The van der Waals surface area contributed by atoms with E-state index < -0.39 is 12.8 Å². The summed E-state index contributed by atoms with van der Waals surface area (Å²) in [4.78, 5) is 14.0. The number of aromatic amines is 1. The Labute approximate surface area is 223 Å². The Hall–Kier alpha value is -3.11. The van der Waals surface area contributed by atoms with Gasteiger partial charge < -0.3 is 4.57 Å². The van der Waals surface area contributed by atoms with Crippen LogP contribution in [0.2, 0.25) is 5.02 Å². The van der Waals surface area contributed by atoms with Gasteiger partial charge in [0.15, 0.2) is 7.14 Å². The van der Waals surface area contributed by atoms with Crippen molar-refractivity contribution in [2.24, 2.45) is 0 Å². The van der Waals surface area contributed by atoms with Crippen molar-refractivity contribution in [1.29, 1.82) is 0 Å². The van der Waals surface area contributed by atoms with Crippen molar-refractivity contribution in [1.82, 2.24) is 9.78 Å². The Bertz CT molecular complexity index is 1550. The number of rotatable bonds is 6. The summed E-state index contributed by atoms with van der Waals surface area (Å²) < 4.78 is 17.9. The van der Waals surface area contributed by atoms with Crippen LogP contribution < -0.4 is 16.2 Å². The molecule has 0 fully saturated rings. The minimum absolute atomic E-state index is 0.234. The van der Waals surface area contributed by atoms with Crippen LogP contribution in [0.4, 0.5) is 0 Å². The van der Waals surface area contributed by atoms with E-state index in [9.17, 15) is 4.79 Å². The van der Waals surface area contributed by atoms with E-state index >= 15 is 4.57 Å². The Morgan fingerprint density at radius 1 is 0.806 bits per heavy atom. The number of H-pyrrole nitrogens is 1. The van der Waals surface area contributed by atoms with Crippen LogP contribution in [0, 0.1) is 6.92 Å². The van der Waals surface area contributed by atoms with E-state index in [1.165, 1.54) is 4.68 Å². The molecule has 0 aliphatic carbocycles. The molecule has 0 amide bonds.